The molecule has 3 aliphatic rings. The summed E-state index contributed by atoms with van der Waals surface area (Å²) < 4.78 is 0. The number of carbonyl (C=O) groups is 2. The van der Waals surface area contributed by atoms with Gasteiger partial charge in [-0.15, -0.1) is 0 Å². The van der Waals surface area contributed by atoms with E-state index in [0.29, 0.717) is 17.2 Å². The summed E-state index contributed by atoms with van der Waals surface area (Å²) >= 11 is 0. The van der Waals surface area contributed by atoms with Gasteiger partial charge in [-0.2, -0.15) is 0 Å². The molecule has 2 aliphatic heterocycles. The fraction of sp³-hybridized carbons (Fsp3) is 0.263. The molecule has 1 aliphatic carbocycles. The molecule has 1 unspecified atom stereocenters. The standard InChI is InChI=1S/C19H19N5O2/c1-20-12-4-2-3-5-13(12)22-15-10-16(24-18(25)11-6-7-11)23-14-8-9-21-19(26)17(14)15/h2-5,8-11,17,20H,6-7H2,1H3,(H,21,26)(H,24,25). The lowest BCUT2D eigenvalue weighted by Gasteiger charge is -2.24. The molecule has 3 N–H and O–H groups in total. The van der Waals surface area contributed by atoms with Gasteiger partial charge >= 0.3 is 0 Å². The normalized spacial score (nSPS) is 22.9. The van der Waals surface area contributed by atoms with E-state index < -0.39 is 5.92 Å². The molecule has 1 aromatic rings. The first-order valence-electron chi connectivity index (χ1n) is 8.59. The number of aliphatic imine (C=N–C) groups is 2. The Balaban J connectivity index is 1.74. The summed E-state index contributed by atoms with van der Waals surface area (Å²) in [5, 5.41) is 8.63. The molecule has 7 heteroatoms. The average Bonchev–Trinajstić information content (AvgIpc) is 3.47. The Bertz CT molecular complexity index is 893. The maximum absolute atomic E-state index is 12.4. The highest BCUT2D eigenvalue weighted by Crippen LogP contribution is 2.30. The van der Waals surface area contributed by atoms with Crippen molar-refractivity contribution in [3.05, 3.63) is 48.4 Å². The second kappa shape index (κ2) is 6.59. The van der Waals surface area contributed by atoms with Crippen molar-refractivity contribution in [2.24, 2.45) is 21.8 Å². The number of carbonyl (C=O) groups excluding carboxylic acids is 2. The van der Waals surface area contributed by atoms with E-state index in [1.807, 2.05) is 31.3 Å². The number of para-hydroxylation sites is 2. The number of nitrogens with one attached hydrogen (secondary N) is 3. The smallest absolute Gasteiger partial charge is 0.239 e. The van der Waals surface area contributed by atoms with Crippen LogP contribution in [0.25, 0.3) is 0 Å². The van der Waals surface area contributed by atoms with Crippen LogP contribution in [0.3, 0.4) is 0 Å². The molecule has 0 spiro atoms. The molecule has 0 radical (unpaired) electrons. The number of benzene rings is 1. The molecule has 2 heterocycles. The fourth-order valence-corrected chi connectivity index (χ4v) is 2.96. The van der Waals surface area contributed by atoms with E-state index in [1.165, 1.54) is 0 Å². The second-order valence-electron chi connectivity index (χ2n) is 6.41. The summed E-state index contributed by atoms with van der Waals surface area (Å²) in [6, 6.07) is 7.59. The molecule has 7 nitrogen and oxygen atoms in total. The van der Waals surface area contributed by atoms with Gasteiger partial charge in [0.15, 0.2) is 0 Å². The van der Waals surface area contributed by atoms with Gasteiger partial charge in [-0.05, 0) is 31.1 Å². The lowest BCUT2D eigenvalue weighted by Crippen LogP contribution is -2.43. The Hall–Kier alpha value is -3.22. The van der Waals surface area contributed by atoms with Gasteiger partial charge in [0.1, 0.15) is 11.7 Å². The zero-order valence-corrected chi connectivity index (χ0v) is 14.3. The van der Waals surface area contributed by atoms with Crippen LogP contribution < -0.4 is 16.0 Å². The quantitative estimate of drug-likeness (QED) is 0.774. The van der Waals surface area contributed by atoms with E-state index in [-0.39, 0.29) is 17.7 Å². The van der Waals surface area contributed by atoms with Crippen LogP contribution in [0.4, 0.5) is 11.4 Å². The van der Waals surface area contributed by atoms with Crippen molar-refractivity contribution in [2.45, 2.75) is 12.8 Å². The molecular weight excluding hydrogens is 330 g/mol. The number of hydrogen-bond donors (Lipinski definition) is 3. The Labute approximate surface area is 151 Å². The number of amides is 2. The van der Waals surface area contributed by atoms with E-state index in [0.717, 1.165) is 24.2 Å². The number of nitrogens with zero attached hydrogens (tertiary/aromatic N) is 2. The molecule has 0 saturated heterocycles. The Kier molecular flexibility index (Phi) is 4.12. The summed E-state index contributed by atoms with van der Waals surface area (Å²) in [5.74, 6) is -0.307. The van der Waals surface area contributed by atoms with E-state index in [1.54, 1.807) is 18.4 Å². The van der Waals surface area contributed by atoms with Crippen LogP contribution >= 0.6 is 0 Å². The van der Waals surface area contributed by atoms with Gasteiger partial charge in [0.25, 0.3) is 0 Å². The summed E-state index contributed by atoms with van der Waals surface area (Å²) in [6.07, 6.45) is 6.80. The predicted molar refractivity (Wildman–Crippen MR) is 100 cm³/mol. The van der Waals surface area contributed by atoms with E-state index >= 15 is 0 Å². The monoisotopic (exact) mass is 349 g/mol. The third-order valence-electron chi connectivity index (χ3n) is 4.49. The molecule has 1 fully saturated rings. The molecule has 0 bridgehead atoms. The number of rotatable bonds is 4. The van der Waals surface area contributed by atoms with Gasteiger partial charge in [-0.25, -0.2) is 9.98 Å². The first kappa shape index (κ1) is 16.3. The van der Waals surface area contributed by atoms with E-state index in [2.05, 4.69) is 20.9 Å². The summed E-state index contributed by atoms with van der Waals surface area (Å²) in [5.41, 5.74) is 2.69. The van der Waals surface area contributed by atoms with Crippen molar-refractivity contribution in [1.29, 1.82) is 0 Å². The summed E-state index contributed by atoms with van der Waals surface area (Å²) in [4.78, 5) is 33.6. The molecule has 1 atom stereocenters. The molecule has 0 aromatic heterocycles. The third-order valence-corrected chi connectivity index (χ3v) is 4.49. The third kappa shape index (κ3) is 3.15. The van der Waals surface area contributed by atoms with Crippen LogP contribution in [0.2, 0.25) is 0 Å². The zero-order valence-electron chi connectivity index (χ0n) is 14.3. The molecule has 1 saturated carbocycles. The van der Waals surface area contributed by atoms with E-state index in [4.69, 9.17) is 4.99 Å². The highest BCUT2D eigenvalue weighted by atomic mass is 16.2. The van der Waals surface area contributed by atoms with Crippen molar-refractivity contribution in [3.63, 3.8) is 0 Å². The number of allylic oxidation sites excluding steroid dienone is 2. The Morgan fingerprint density at radius 3 is 2.88 bits per heavy atom. The van der Waals surface area contributed by atoms with Crippen molar-refractivity contribution >= 4 is 34.6 Å². The molecule has 2 amide bonds. The predicted octanol–water partition coefficient (Wildman–Crippen LogP) is 1.88. The van der Waals surface area contributed by atoms with Crippen molar-refractivity contribution in [3.8, 4) is 0 Å². The highest BCUT2D eigenvalue weighted by Gasteiger charge is 2.35. The Morgan fingerprint density at radius 1 is 1.31 bits per heavy atom. The minimum atomic E-state index is -0.591. The van der Waals surface area contributed by atoms with Gasteiger partial charge in [0.2, 0.25) is 11.8 Å². The maximum atomic E-state index is 12.4. The molecular formula is C19H19N5O2. The minimum Gasteiger partial charge on any atom is -0.386 e. The highest BCUT2D eigenvalue weighted by molar-refractivity contribution is 6.31. The Morgan fingerprint density at radius 2 is 2.12 bits per heavy atom. The van der Waals surface area contributed by atoms with Gasteiger partial charge < -0.3 is 16.0 Å². The molecule has 4 rings (SSSR count). The SMILES string of the molecule is CNc1ccccc1N=C1C=C(NC(=O)C2CC2)N=C2C=CNC(=O)C21. The maximum Gasteiger partial charge on any atom is 0.239 e. The first-order valence-corrected chi connectivity index (χ1v) is 8.59. The molecule has 1 aromatic carbocycles. The van der Waals surface area contributed by atoms with Crippen LogP contribution in [-0.2, 0) is 9.59 Å². The van der Waals surface area contributed by atoms with E-state index in [9.17, 15) is 9.59 Å². The first-order chi connectivity index (χ1) is 12.7. The van der Waals surface area contributed by atoms with Crippen molar-refractivity contribution in [2.75, 3.05) is 12.4 Å². The summed E-state index contributed by atoms with van der Waals surface area (Å²) in [6.45, 7) is 0. The van der Waals surface area contributed by atoms with Crippen LogP contribution in [0.15, 0.2) is 58.4 Å². The lowest BCUT2D eigenvalue weighted by atomic mass is 9.91. The summed E-state index contributed by atoms with van der Waals surface area (Å²) in [7, 11) is 1.82. The number of anilines is 1. The topological polar surface area (TPSA) is 94.9 Å². The zero-order chi connectivity index (χ0) is 18.1. The van der Waals surface area contributed by atoms with Crippen LogP contribution in [0.5, 0.6) is 0 Å². The van der Waals surface area contributed by atoms with Gasteiger partial charge in [-0.1, -0.05) is 12.1 Å². The van der Waals surface area contributed by atoms with Crippen LogP contribution in [-0.4, -0.2) is 30.3 Å². The lowest BCUT2D eigenvalue weighted by molar-refractivity contribution is -0.121. The minimum absolute atomic E-state index is 0.0294. The van der Waals surface area contributed by atoms with Gasteiger partial charge in [-0.3, -0.25) is 9.59 Å². The van der Waals surface area contributed by atoms with Gasteiger partial charge in [0.05, 0.1) is 22.8 Å². The number of hydrogen-bond acceptors (Lipinski definition) is 5. The molecule has 26 heavy (non-hydrogen) atoms. The fourth-order valence-electron chi connectivity index (χ4n) is 2.96. The molecule has 132 valence electrons. The van der Waals surface area contributed by atoms with Crippen molar-refractivity contribution in [1.82, 2.24) is 10.6 Å². The van der Waals surface area contributed by atoms with Crippen LogP contribution in [0, 0.1) is 11.8 Å². The van der Waals surface area contributed by atoms with Gasteiger partial charge in [0, 0.05) is 25.2 Å². The largest absolute Gasteiger partial charge is 0.386 e. The number of fused-ring (bicyclic) bond motifs is 1. The van der Waals surface area contributed by atoms with Crippen molar-refractivity contribution < 1.29 is 9.59 Å². The average molecular weight is 349 g/mol. The van der Waals surface area contributed by atoms with Crippen LogP contribution in [0.1, 0.15) is 12.8 Å². The second-order valence-corrected chi connectivity index (χ2v) is 6.41.